The first-order chi connectivity index (χ1) is 7.79. The SMILES string of the molecule is CCn1cnnc1CNc1ccnc(Cl)c1. The predicted molar refractivity (Wildman–Crippen MR) is 62.3 cm³/mol. The molecule has 0 radical (unpaired) electrons. The molecule has 2 aromatic heterocycles. The van der Waals surface area contributed by atoms with Crippen LogP contribution in [0.3, 0.4) is 0 Å². The van der Waals surface area contributed by atoms with Crippen LogP contribution in [0.25, 0.3) is 0 Å². The zero-order valence-electron chi connectivity index (χ0n) is 8.89. The van der Waals surface area contributed by atoms with E-state index in [2.05, 4.69) is 27.4 Å². The van der Waals surface area contributed by atoms with Crippen molar-refractivity contribution in [3.05, 3.63) is 35.6 Å². The van der Waals surface area contributed by atoms with E-state index in [-0.39, 0.29) is 0 Å². The molecule has 1 N–H and O–H groups in total. The molecule has 0 spiro atoms. The van der Waals surface area contributed by atoms with Crippen LogP contribution >= 0.6 is 11.6 Å². The Morgan fingerprint density at radius 1 is 1.50 bits per heavy atom. The molecule has 6 heteroatoms. The number of halogens is 1. The van der Waals surface area contributed by atoms with Crippen LogP contribution in [0.2, 0.25) is 5.15 Å². The summed E-state index contributed by atoms with van der Waals surface area (Å²) in [5, 5.41) is 11.6. The molecule has 0 aromatic carbocycles. The third kappa shape index (κ3) is 2.49. The van der Waals surface area contributed by atoms with Gasteiger partial charge in [0.1, 0.15) is 11.5 Å². The van der Waals surface area contributed by atoms with Crippen molar-refractivity contribution >= 4 is 17.3 Å². The lowest BCUT2D eigenvalue weighted by Gasteiger charge is -2.06. The molecule has 0 unspecified atom stereocenters. The van der Waals surface area contributed by atoms with Crippen LogP contribution in [0, 0.1) is 0 Å². The van der Waals surface area contributed by atoms with Gasteiger partial charge < -0.3 is 9.88 Å². The van der Waals surface area contributed by atoms with E-state index in [1.807, 2.05) is 10.6 Å². The van der Waals surface area contributed by atoms with Crippen molar-refractivity contribution < 1.29 is 0 Å². The van der Waals surface area contributed by atoms with Crippen LogP contribution in [-0.2, 0) is 13.1 Å². The minimum atomic E-state index is 0.474. The minimum Gasteiger partial charge on any atom is -0.378 e. The van der Waals surface area contributed by atoms with Crippen LogP contribution in [-0.4, -0.2) is 19.7 Å². The molecule has 2 heterocycles. The van der Waals surface area contributed by atoms with Crippen LogP contribution in [0.1, 0.15) is 12.7 Å². The Kier molecular flexibility index (Phi) is 3.36. The zero-order chi connectivity index (χ0) is 11.4. The molecule has 16 heavy (non-hydrogen) atoms. The molecule has 0 aliphatic carbocycles. The van der Waals surface area contributed by atoms with Crippen molar-refractivity contribution in [2.45, 2.75) is 20.0 Å². The number of hydrogen-bond acceptors (Lipinski definition) is 4. The van der Waals surface area contributed by atoms with Gasteiger partial charge in [-0.15, -0.1) is 10.2 Å². The maximum absolute atomic E-state index is 5.78. The molecule has 0 aliphatic rings. The highest BCUT2D eigenvalue weighted by molar-refractivity contribution is 6.29. The summed E-state index contributed by atoms with van der Waals surface area (Å²) in [6, 6.07) is 3.63. The van der Waals surface area contributed by atoms with E-state index in [1.54, 1.807) is 18.6 Å². The van der Waals surface area contributed by atoms with Crippen LogP contribution in [0.4, 0.5) is 5.69 Å². The minimum absolute atomic E-state index is 0.474. The normalized spacial score (nSPS) is 10.4. The predicted octanol–water partition coefficient (Wildman–Crippen LogP) is 1.96. The number of aryl methyl sites for hydroxylation is 1. The lowest BCUT2D eigenvalue weighted by Crippen LogP contribution is -2.07. The second kappa shape index (κ2) is 4.94. The van der Waals surface area contributed by atoms with Crippen LogP contribution < -0.4 is 5.32 Å². The summed E-state index contributed by atoms with van der Waals surface area (Å²) in [5.74, 6) is 0.899. The summed E-state index contributed by atoms with van der Waals surface area (Å²) in [6.45, 7) is 3.53. The van der Waals surface area contributed by atoms with Crippen molar-refractivity contribution in [3.8, 4) is 0 Å². The van der Waals surface area contributed by atoms with Gasteiger partial charge in [0.2, 0.25) is 0 Å². The largest absolute Gasteiger partial charge is 0.378 e. The lowest BCUT2D eigenvalue weighted by molar-refractivity contribution is 0.708. The number of pyridine rings is 1. The molecule has 2 aromatic rings. The fraction of sp³-hybridized carbons (Fsp3) is 0.300. The van der Waals surface area contributed by atoms with Crippen LogP contribution in [0.15, 0.2) is 24.7 Å². The summed E-state index contributed by atoms with van der Waals surface area (Å²) < 4.78 is 1.98. The number of nitrogens with one attached hydrogen (secondary N) is 1. The van der Waals surface area contributed by atoms with Gasteiger partial charge in [0.05, 0.1) is 6.54 Å². The Hall–Kier alpha value is -1.62. The Morgan fingerprint density at radius 3 is 3.12 bits per heavy atom. The Morgan fingerprint density at radius 2 is 2.38 bits per heavy atom. The molecule has 0 fully saturated rings. The topological polar surface area (TPSA) is 55.6 Å². The maximum Gasteiger partial charge on any atom is 0.152 e. The third-order valence-electron chi connectivity index (χ3n) is 2.21. The Labute approximate surface area is 98.5 Å². The molecular weight excluding hydrogens is 226 g/mol. The maximum atomic E-state index is 5.78. The van der Waals surface area contributed by atoms with Gasteiger partial charge >= 0.3 is 0 Å². The highest BCUT2D eigenvalue weighted by Gasteiger charge is 2.02. The van der Waals surface area contributed by atoms with Crippen molar-refractivity contribution in [2.75, 3.05) is 5.32 Å². The van der Waals surface area contributed by atoms with Gasteiger partial charge in [-0.05, 0) is 19.1 Å². The van der Waals surface area contributed by atoms with Crippen LogP contribution in [0.5, 0.6) is 0 Å². The lowest BCUT2D eigenvalue weighted by atomic mass is 10.4. The second-order valence-corrected chi connectivity index (χ2v) is 3.64. The first kappa shape index (κ1) is 10.9. The first-order valence-electron chi connectivity index (χ1n) is 5.01. The van der Waals surface area contributed by atoms with Crippen molar-refractivity contribution in [1.29, 1.82) is 0 Å². The van der Waals surface area contributed by atoms with E-state index in [0.29, 0.717) is 11.7 Å². The van der Waals surface area contributed by atoms with E-state index >= 15 is 0 Å². The van der Waals surface area contributed by atoms with Gasteiger partial charge in [-0.2, -0.15) is 0 Å². The van der Waals surface area contributed by atoms with Gasteiger partial charge in [-0.3, -0.25) is 0 Å². The molecule has 84 valence electrons. The fourth-order valence-electron chi connectivity index (χ4n) is 1.37. The number of nitrogens with zero attached hydrogens (tertiary/aromatic N) is 4. The number of rotatable bonds is 4. The molecule has 0 aliphatic heterocycles. The van der Waals surface area contributed by atoms with Gasteiger partial charge in [0.15, 0.2) is 5.82 Å². The smallest absolute Gasteiger partial charge is 0.152 e. The summed E-state index contributed by atoms with van der Waals surface area (Å²) in [4.78, 5) is 3.91. The van der Waals surface area contributed by atoms with Gasteiger partial charge in [-0.1, -0.05) is 11.6 Å². The van der Waals surface area contributed by atoms with E-state index in [9.17, 15) is 0 Å². The van der Waals surface area contributed by atoms with E-state index in [1.165, 1.54) is 0 Å². The monoisotopic (exact) mass is 237 g/mol. The fourth-order valence-corrected chi connectivity index (χ4v) is 1.55. The molecule has 2 rings (SSSR count). The van der Waals surface area contributed by atoms with Crippen molar-refractivity contribution in [3.63, 3.8) is 0 Å². The average molecular weight is 238 g/mol. The molecule has 0 saturated heterocycles. The first-order valence-corrected chi connectivity index (χ1v) is 5.39. The summed E-state index contributed by atoms with van der Waals surface area (Å²) in [7, 11) is 0. The number of aromatic nitrogens is 4. The Bertz CT molecular complexity index is 468. The zero-order valence-corrected chi connectivity index (χ0v) is 9.65. The van der Waals surface area contributed by atoms with E-state index < -0.39 is 0 Å². The molecule has 5 nitrogen and oxygen atoms in total. The number of anilines is 1. The molecular formula is C10H12ClN5. The van der Waals surface area contributed by atoms with Gasteiger partial charge in [0, 0.05) is 18.4 Å². The number of hydrogen-bond donors (Lipinski definition) is 1. The quantitative estimate of drug-likeness (QED) is 0.826. The summed E-state index contributed by atoms with van der Waals surface area (Å²) in [5.41, 5.74) is 0.922. The standard InChI is InChI=1S/C10H12ClN5/c1-2-16-7-14-15-10(16)6-13-8-3-4-12-9(11)5-8/h3-5,7H,2,6H2,1H3,(H,12,13). The van der Waals surface area contributed by atoms with E-state index in [0.717, 1.165) is 18.1 Å². The second-order valence-electron chi connectivity index (χ2n) is 3.25. The van der Waals surface area contributed by atoms with Crippen molar-refractivity contribution in [1.82, 2.24) is 19.7 Å². The van der Waals surface area contributed by atoms with Crippen molar-refractivity contribution in [2.24, 2.45) is 0 Å². The molecule has 0 saturated carbocycles. The van der Waals surface area contributed by atoms with Gasteiger partial charge in [-0.25, -0.2) is 4.98 Å². The third-order valence-corrected chi connectivity index (χ3v) is 2.42. The summed E-state index contributed by atoms with van der Waals surface area (Å²) in [6.07, 6.45) is 3.38. The molecule has 0 amide bonds. The average Bonchev–Trinajstić information content (AvgIpc) is 2.74. The highest BCUT2D eigenvalue weighted by atomic mass is 35.5. The van der Waals surface area contributed by atoms with Gasteiger partial charge in [0.25, 0.3) is 0 Å². The Balaban J connectivity index is 2.02. The molecule has 0 bridgehead atoms. The highest BCUT2D eigenvalue weighted by Crippen LogP contribution is 2.12. The molecule has 0 atom stereocenters. The van der Waals surface area contributed by atoms with E-state index in [4.69, 9.17) is 11.6 Å². The summed E-state index contributed by atoms with van der Waals surface area (Å²) >= 11 is 5.78.